The number of benzene rings is 1. The Kier molecular flexibility index (Phi) is 5.84. The van der Waals surface area contributed by atoms with Gasteiger partial charge in [-0.2, -0.15) is 10.2 Å². The minimum atomic E-state index is -0.325. The Balaban J connectivity index is 1.41. The molecule has 0 aliphatic heterocycles. The van der Waals surface area contributed by atoms with Crippen LogP contribution in [0, 0.1) is 13.8 Å². The van der Waals surface area contributed by atoms with Crippen LogP contribution in [0.5, 0.6) is 5.75 Å². The van der Waals surface area contributed by atoms with Crippen molar-refractivity contribution in [1.29, 1.82) is 0 Å². The number of hydrogen-bond acceptors (Lipinski definition) is 6. The fraction of sp³-hybridized carbons (Fsp3) is 0.227. The highest BCUT2D eigenvalue weighted by molar-refractivity contribution is 5.93. The van der Waals surface area contributed by atoms with E-state index >= 15 is 0 Å². The highest BCUT2D eigenvalue weighted by Gasteiger charge is 2.12. The van der Waals surface area contributed by atoms with Crippen LogP contribution in [-0.2, 0) is 6.54 Å². The van der Waals surface area contributed by atoms with Gasteiger partial charge in [-0.1, -0.05) is 12.1 Å². The molecule has 0 aliphatic carbocycles. The van der Waals surface area contributed by atoms with Crippen LogP contribution in [0.1, 0.15) is 21.9 Å². The molecule has 3 aromatic heterocycles. The van der Waals surface area contributed by atoms with Gasteiger partial charge in [0.25, 0.3) is 11.5 Å². The zero-order valence-electron chi connectivity index (χ0n) is 18.0. The summed E-state index contributed by atoms with van der Waals surface area (Å²) in [6.07, 6.45) is 0. The summed E-state index contributed by atoms with van der Waals surface area (Å²) in [7, 11) is 1.59. The lowest BCUT2D eigenvalue weighted by atomic mass is 10.1. The summed E-state index contributed by atoms with van der Waals surface area (Å²) in [5.41, 5.74) is 3.30. The quantitative estimate of drug-likeness (QED) is 0.459. The van der Waals surface area contributed by atoms with Crippen LogP contribution in [0.4, 0.5) is 0 Å². The van der Waals surface area contributed by atoms with Gasteiger partial charge in [-0.05, 0) is 44.2 Å². The summed E-state index contributed by atoms with van der Waals surface area (Å²) >= 11 is 0. The van der Waals surface area contributed by atoms with Crippen LogP contribution >= 0.6 is 0 Å². The molecule has 0 bridgehead atoms. The van der Waals surface area contributed by atoms with E-state index in [9.17, 15) is 9.59 Å². The Labute approximate surface area is 183 Å². The number of aromatic amines is 1. The predicted octanol–water partition coefficient (Wildman–Crippen LogP) is 1.87. The highest BCUT2D eigenvalue weighted by atomic mass is 16.5. The first-order chi connectivity index (χ1) is 15.4. The standard InChI is InChI=1S/C22H23N7O3/c1-14-11-15(2)29(26-14)20-7-8-21(30)28(27-20)10-9-23-22(31)19-13-18(24-25-19)16-5-4-6-17(12-16)32-3/h4-8,11-13H,9-10H2,1-3H3,(H,23,31)(H,24,25). The molecule has 0 atom stereocenters. The third kappa shape index (κ3) is 4.43. The molecule has 0 spiro atoms. The predicted molar refractivity (Wildman–Crippen MR) is 118 cm³/mol. The van der Waals surface area contributed by atoms with E-state index in [1.54, 1.807) is 23.9 Å². The largest absolute Gasteiger partial charge is 0.497 e. The van der Waals surface area contributed by atoms with Gasteiger partial charge in [0.15, 0.2) is 5.82 Å². The molecule has 0 saturated carbocycles. The first-order valence-corrected chi connectivity index (χ1v) is 10.0. The molecular weight excluding hydrogens is 410 g/mol. The molecule has 3 heterocycles. The van der Waals surface area contributed by atoms with Gasteiger partial charge in [0.05, 0.1) is 25.0 Å². The fourth-order valence-electron chi connectivity index (χ4n) is 3.31. The molecule has 1 aromatic carbocycles. The Morgan fingerprint density at radius 2 is 1.97 bits per heavy atom. The second-order valence-electron chi connectivity index (χ2n) is 7.25. The lowest BCUT2D eigenvalue weighted by Crippen LogP contribution is -2.32. The zero-order valence-corrected chi connectivity index (χ0v) is 18.0. The van der Waals surface area contributed by atoms with Crippen LogP contribution in [0.15, 0.2) is 53.3 Å². The zero-order chi connectivity index (χ0) is 22.7. The number of amides is 1. The number of hydrogen-bond donors (Lipinski definition) is 2. The Morgan fingerprint density at radius 3 is 2.72 bits per heavy atom. The number of rotatable bonds is 7. The lowest BCUT2D eigenvalue weighted by molar-refractivity contribution is 0.0946. The minimum Gasteiger partial charge on any atom is -0.497 e. The van der Waals surface area contributed by atoms with Crippen LogP contribution in [-0.4, -0.2) is 49.3 Å². The van der Waals surface area contributed by atoms with Gasteiger partial charge in [0, 0.05) is 23.9 Å². The summed E-state index contributed by atoms with van der Waals surface area (Å²) in [5.74, 6) is 0.921. The molecule has 32 heavy (non-hydrogen) atoms. The lowest BCUT2D eigenvalue weighted by Gasteiger charge is -2.09. The third-order valence-electron chi connectivity index (χ3n) is 4.88. The van der Waals surface area contributed by atoms with Gasteiger partial charge < -0.3 is 10.1 Å². The molecule has 0 aliphatic rings. The van der Waals surface area contributed by atoms with Crippen molar-refractivity contribution in [2.24, 2.45) is 0 Å². The maximum Gasteiger partial charge on any atom is 0.269 e. The molecule has 10 heteroatoms. The van der Waals surface area contributed by atoms with E-state index in [4.69, 9.17) is 4.74 Å². The molecular formula is C22H23N7O3. The van der Waals surface area contributed by atoms with Gasteiger partial charge in [0.2, 0.25) is 0 Å². The van der Waals surface area contributed by atoms with Crippen LogP contribution in [0.3, 0.4) is 0 Å². The van der Waals surface area contributed by atoms with Crippen molar-refractivity contribution in [3.8, 4) is 22.8 Å². The third-order valence-corrected chi connectivity index (χ3v) is 4.88. The monoisotopic (exact) mass is 433 g/mol. The van der Waals surface area contributed by atoms with E-state index in [1.165, 1.54) is 10.7 Å². The molecule has 0 fully saturated rings. The first kappa shape index (κ1) is 21.0. The van der Waals surface area contributed by atoms with Crippen LogP contribution < -0.4 is 15.6 Å². The number of nitrogens with one attached hydrogen (secondary N) is 2. The van der Waals surface area contributed by atoms with Crippen molar-refractivity contribution in [2.45, 2.75) is 20.4 Å². The number of aryl methyl sites for hydroxylation is 2. The molecule has 1 amide bonds. The van der Waals surface area contributed by atoms with Crippen molar-refractivity contribution in [1.82, 2.24) is 35.1 Å². The number of H-pyrrole nitrogens is 1. The van der Waals surface area contributed by atoms with Crippen LogP contribution in [0.25, 0.3) is 17.1 Å². The van der Waals surface area contributed by atoms with Gasteiger partial charge in [0.1, 0.15) is 11.4 Å². The second-order valence-corrected chi connectivity index (χ2v) is 7.25. The molecule has 0 saturated heterocycles. The normalized spacial score (nSPS) is 10.8. The van der Waals surface area contributed by atoms with Crippen molar-refractivity contribution in [3.63, 3.8) is 0 Å². The molecule has 164 valence electrons. The van der Waals surface area contributed by atoms with E-state index in [1.807, 2.05) is 44.2 Å². The maximum atomic E-state index is 12.5. The molecule has 0 radical (unpaired) electrons. The first-order valence-electron chi connectivity index (χ1n) is 10.0. The number of ether oxygens (including phenoxy) is 1. The Hall–Kier alpha value is -4.21. The number of carbonyl (C=O) groups excluding carboxylic acids is 1. The van der Waals surface area contributed by atoms with Gasteiger partial charge >= 0.3 is 0 Å². The average molecular weight is 433 g/mol. The molecule has 10 nitrogen and oxygen atoms in total. The topological polar surface area (TPSA) is 120 Å². The highest BCUT2D eigenvalue weighted by Crippen LogP contribution is 2.22. The summed E-state index contributed by atoms with van der Waals surface area (Å²) in [6, 6.07) is 14.1. The summed E-state index contributed by atoms with van der Waals surface area (Å²) in [6.45, 7) is 4.25. The number of nitrogens with zero attached hydrogens (tertiary/aromatic N) is 5. The van der Waals surface area contributed by atoms with E-state index in [-0.39, 0.29) is 24.6 Å². The average Bonchev–Trinajstić information content (AvgIpc) is 3.41. The van der Waals surface area contributed by atoms with Crippen molar-refractivity contribution < 1.29 is 9.53 Å². The number of carbonyl (C=O) groups is 1. The van der Waals surface area contributed by atoms with Crippen molar-refractivity contribution in [3.05, 3.63) is 76.0 Å². The molecule has 4 rings (SSSR count). The Bertz CT molecular complexity index is 1320. The maximum absolute atomic E-state index is 12.5. The van der Waals surface area contributed by atoms with Crippen molar-refractivity contribution in [2.75, 3.05) is 13.7 Å². The van der Waals surface area contributed by atoms with Crippen LogP contribution in [0.2, 0.25) is 0 Å². The molecule has 2 N–H and O–H groups in total. The molecule has 0 unspecified atom stereocenters. The Morgan fingerprint density at radius 1 is 1.12 bits per heavy atom. The van der Waals surface area contributed by atoms with E-state index in [2.05, 4.69) is 25.7 Å². The minimum absolute atomic E-state index is 0.217. The number of aromatic nitrogens is 6. The van der Waals surface area contributed by atoms with Crippen molar-refractivity contribution >= 4 is 5.91 Å². The second kappa shape index (κ2) is 8.88. The van der Waals surface area contributed by atoms with Gasteiger partial charge in [-0.15, -0.1) is 5.10 Å². The van der Waals surface area contributed by atoms with Gasteiger partial charge in [-0.3, -0.25) is 14.7 Å². The van der Waals surface area contributed by atoms with E-state index in [0.29, 0.717) is 23.0 Å². The van der Waals surface area contributed by atoms with E-state index < -0.39 is 0 Å². The molecule has 4 aromatic rings. The summed E-state index contributed by atoms with van der Waals surface area (Å²) in [5, 5.41) is 18.5. The smallest absolute Gasteiger partial charge is 0.269 e. The summed E-state index contributed by atoms with van der Waals surface area (Å²) in [4.78, 5) is 24.7. The van der Waals surface area contributed by atoms with E-state index in [0.717, 1.165) is 17.0 Å². The summed E-state index contributed by atoms with van der Waals surface area (Å²) < 4.78 is 8.20. The van der Waals surface area contributed by atoms with Gasteiger partial charge in [-0.25, -0.2) is 9.36 Å². The fourth-order valence-corrected chi connectivity index (χ4v) is 3.31. The SMILES string of the molecule is COc1cccc(-c2cc(C(=O)NCCn3nc(-n4nc(C)cc4C)ccc3=O)[nH]n2)c1. The number of methoxy groups -OCH3 is 1.